The van der Waals surface area contributed by atoms with Crippen molar-refractivity contribution < 1.29 is 4.39 Å². The molecule has 0 saturated carbocycles. The van der Waals surface area contributed by atoms with Gasteiger partial charge in [-0.1, -0.05) is 18.2 Å². The summed E-state index contributed by atoms with van der Waals surface area (Å²) >= 11 is 0. The summed E-state index contributed by atoms with van der Waals surface area (Å²) in [5, 5.41) is 0. The molecular formula is C13H14ClFN2. The van der Waals surface area contributed by atoms with E-state index in [9.17, 15) is 4.39 Å². The van der Waals surface area contributed by atoms with E-state index in [1.165, 1.54) is 6.07 Å². The van der Waals surface area contributed by atoms with Crippen LogP contribution in [0.3, 0.4) is 0 Å². The quantitative estimate of drug-likeness (QED) is 0.634. The van der Waals surface area contributed by atoms with Crippen LogP contribution in [-0.2, 0) is 0 Å². The van der Waals surface area contributed by atoms with Gasteiger partial charge < -0.3 is 5.43 Å². The van der Waals surface area contributed by atoms with Gasteiger partial charge in [0.2, 0.25) is 0 Å². The van der Waals surface area contributed by atoms with Gasteiger partial charge in [0.15, 0.2) is 0 Å². The van der Waals surface area contributed by atoms with Crippen molar-refractivity contribution in [1.82, 2.24) is 0 Å². The first-order valence-electron chi connectivity index (χ1n) is 5.04. The Morgan fingerprint density at radius 1 is 1.06 bits per heavy atom. The van der Waals surface area contributed by atoms with Crippen molar-refractivity contribution in [3.63, 3.8) is 0 Å². The number of rotatable bonds is 2. The summed E-state index contributed by atoms with van der Waals surface area (Å²) in [6, 6.07) is 12.7. The highest BCUT2D eigenvalue weighted by molar-refractivity contribution is 5.85. The van der Waals surface area contributed by atoms with Gasteiger partial charge in [-0.3, -0.25) is 5.84 Å². The second-order valence-electron chi connectivity index (χ2n) is 3.69. The van der Waals surface area contributed by atoms with Crippen LogP contribution in [0.5, 0.6) is 0 Å². The molecule has 2 aromatic rings. The first-order valence-corrected chi connectivity index (χ1v) is 5.04. The van der Waals surface area contributed by atoms with Crippen LogP contribution in [0.2, 0.25) is 0 Å². The highest BCUT2D eigenvalue weighted by Crippen LogP contribution is 2.24. The Balaban J connectivity index is 0.00000144. The average Bonchev–Trinajstić information content (AvgIpc) is 2.33. The molecule has 90 valence electrons. The van der Waals surface area contributed by atoms with Gasteiger partial charge >= 0.3 is 0 Å². The van der Waals surface area contributed by atoms with Crippen LogP contribution in [0.1, 0.15) is 5.56 Å². The molecule has 0 aliphatic rings. The third-order valence-electron chi connectivity index (χ3n) is 2.52. The summed E-state index contributed by atoms with van der Waals surface area (Å²) in [5.74, 6) is 5.16. The van der Waals surface area contributed by atoms with Crippen LogP contribution < -0.4 is 11.3 Å². The Bertz CT molecular complexity index is 515. The Kier molecular flexibility index (Phi) is 4.49. The SMILES string of the molecule is Cc1cc(-c2cccc(NN)c2)ccc1F.Cl. The Labute approximate surface area is 106 Å². The van der Waals surface area contributed by atoms with Gasteiger partial charge in [0, 0.05) is 5.69 Å². The smallest absolute Gasteiger partial charge is 0.126 e. The molecule has 0 aliphatic heterocycles. The van der Waals surface area contributed by atoms with Crippen molar-refractivity contribution in [3.05, 3.63) is 53.8 Å². The van der Waals surface area contributed by atoms with E-state index in [0.717, 1.165) is 16.8 Å². The van der Waals surface area contributed by atoms with Crippen molar-refractivity contribution >= 4 is 18.1 Å². The average molecular weight is 253 g/mol. The number of nitrogens with two attached hydrogens (primary N) is 1. The minimum absolute atomic E-state index is 0. The summed E-state index contributed by atoms with van der Waals surface area (Å²) in [5.41, 5.74) is 6.06. The zero-order valence-electron chi connectivity index (χ0n) is 9.41. The van der Waals surface area contributed by atoms with Crippen LogP contribution in [-0.4, -0.2) is 0 Å². The van der Waals surface area contributed by atoms with Gasteiger partial charge in [0.1, 0.15) is 5.82 Å². The largest absolute Gasteiger partial charge is 0.324 e. The monoisotopic (exact) mass is 252 g/mol. The zero-order valence-corrected chi connectivity index (χ0v) is 10.2. The Morgan fingerprint density at radius 3 is 2.41 bits per heavy atom. The Hall–Kier alpha value is -1.58. The van der Waals surface area contributed by atoms with Crippen LogP contribution in [0.4, 0.5) is 10.1 Å². The van der Waals surface area contributed by atoms with Crippen molar-refractivity contribution in [1.29, 1.82) is 0 Å². The van der Waals surface area contributed by atoms with E-state index >= 15 is 0 Å². The number of hydrogen-bond donors (Lipinski definition) is 2. The molecule has 17 heavy (non-hydrogen) atoms. The highest BCUT2D eigenvalue weighted by Gasteiger charge is 2.02. The second-order valence-corrected chi connectivity index (χ2v) is 3.69. The fraction of sp³-hybridized carbons (Fsp3) is 0.0769. The molecule has 0 radical (unpaired) electrons. The lowest BCUT2D eigenvalue weighted by atomic mass is 10.0. The third-order valence-corrected chi connectivity index (χ3v) is 2.52. The number of anilines is 1. The molecule has 0 amide bonds. The minimum Gasteiger partial charge on any atom is -0.324 e. The van der Waals surface area contributed by atoms with E-state index < -0.39 is 0 Å². The molecule has 4 heteroatoms. The summed E-state index contributed by atoms with van der Waals surface area (Å²) in [6.07, 6.45) is 0. The molecule has 0 saturated heterocycles. The lowest BCUT2D eigenvalue weighted by Gasteiger charge is -2.06. The second kappa shape index (κ2) is 5.66. The van der Waals surface area contributed by atoms with E-state index in [1.807, 2.05) is 30.3 Å². The standard InChI is InChI=1S/C13H13FN2.ClH/c1-9-7-11(5-6-13(9)14)10-3-2-4-12(8-10)16-15;/h2-8,16H,15H2,1H3;1H. The minimum atomic E-state index is -0.183. The third kappa shape index (κ3) is 2.96. The maximum absolute atomic E-state index is 13.1. The van der Waals surface area contributed by atoms with Gasteiger partial charge in [0.25, 0.3) is 0 Å². The molecule has 0 bridgehead atoms. The maximum atomic E-state index is 13.1. The predicted octanol–water partition coefficient (Wildman–Crippen LogP) is 3.51. The van der Waals surface area contributed by atoms with E-state index in [-0.39, 0.29) is 18.2 Å². The first kappa shape index (κ1) is 13.5. The number of benzene rings is 2. The topological polar surface area (TPSA) is 38.0 Å². The van der Waals surface area contributed by atoms with E-state index in [4.69, 9.17) is 5.84 Å². The van der Waals surface area contributed by atoms with Crippen molar-refractivity contribution in [3.8, 4) is 11.1 Å². The fourth-order valence-corrected chi connectivity index (χ4v) is 1.61. The van der Waals surface area contributed by atoms with Crippen LogP contribution in [0.15, 0.2) is 42.5 Å². The number of halogens is 2. The van der Waals surface area contributed by atoms with Crippen LogP contribution in [0, 0.1) is 12.7 Å². The summed E-state index contributed by atoms with van der Waals surface area (Å²) in [4.78, 5) is 0. The van der Waals surface area contributed by atoms with Crippen molar-refractivity contribution in [2.45, 2.75) is 6.92 Å². The van der Waals surface area contributed by atoms with Gasteiger partial charge in [-0.15, -0.1) is 12.4 Å². The molecular weight excluding hydrogens is 239 g/mol. The summed E-state index contributed by atoms with van der Waals surface area (Å²) < 4.78 is 13.1. The van der Waals surface area contributed by atoms with Crippen LogP contribution >= 0.6 is 12.4 Å². The number of hydrazine groups is 1. The van der Waals surface area contributed by atoms with Crippen LogP contribution in [0.25, 0.3) is 11.1 Å². The predicted molar refractivity (Wildman–Crippen MR) is 71.6 cm³/mol. The number of hydrogen-bond acceptors (Lipinski definition) is 2. The molecule has 0 atom stereocenters. The van der Waals surface area contributed by atoms with Crippen molar-refractivity contribution in [2.24, 2.45) is 5.84 Å². The summed E-state index contributed by atoms with van der Waals surface area (Å²) in [7, 11) is 0. The summed E-state index contributed by atoms with van der Waals surface area (Å²) in [6.45, 7) is 1.75. The lowest BCUT2D eigenvalue weighted by molar-refractivity contribution is 0.619. The molecule has 2 aromatic carbocycles. The molecule has 0 aliphatic carbocycles. The molecule has 3 N–H and O–H groups in total. The molecule has 0 spiro atoms. The highest BCUT2D eigenvalue weighted by atomic mass is 35.5. The van der Waals surface area contributed by atoms with Gasteiger partial charge in [-0.25, -0.2) is 4.39 Å². The van der Waals surface area contributed by atoms with E-state index in [0.29, 0.717) is 5.56 Å². The van der Waals surface area contributed by atoms with Gasteiger partial charge in [-0.2, -0.15) is 0 Å². The molecule has 0 aromatic heterocycles. The maximum Gasteiger partial charge on any atom is 0.126 e. The van der Waals surface area contributed by atoms with E-state index in [2.05, 4.69) is 5.43 Å². The molecule has 2 rings (SSSR count). The van der Waals surface area contributed by atoms with Gasteiger partial charge in [0.05, 0.1) is 0 Å². The van der Waals surface area contributed by atoms with Gasteiger partial charge in [-0.05, 0) is 47.9 Å². The molecule has 0 unspecified atom stereocenters. The molecule has 2 nitrogen and oxygen atoms in total. The number of aryl methyl sites for hydroxylation is 1. The van der Waals surface area contributed by atoms with Crippen molar-refractivity contribution in [2.75, 3.05) is 5.43 Å². The molecule has 0 fully saturated rings. The first-order chi connectivity index (χ1) is 7.70. The number of nitrogens with one attached hydrogen (secondary N) is 1. The lowest BCUT2D eigenvalue weighted by Crippen LogP contribution is -2.06. The van der Waals surface area contributed by atoms with E-state index in [1.54, 1.807) is 13.0 Å². The normalized spacial score (nSPS) is 9.59. The Morgan fingerprint density at radius 2 is 1.76 bits per heavy atom. The number of nitrogen functional groups attached to an aromatic ring is 1. The fourth-order valence-electron chi connectivity index (χ4n) is 1.61. The zero-order chi connectivity index (χ0) is 11.5. The molecule has 0 heterocycles.